The Kier molecular flexibility index (Phi) is 7.58. The third kappa shape index (κ3) is 6.57. The summed E-state index contributed by atoms with van der Waals surface area (Å²) in [5.41, 5.74) is 1.06. The molecule has 0 bridgehead atoms. The highest BCUT2D eigenvalue weighted by atomic mass is 19.1. The normalized spacial score (nSPS) is 14.4. The Bertz CT molecular complexity index is 808. The molecule has 2 aromatic carbocycles. The van der Waals surface area contributed by atoms with Crippen LogP contribution in [-0.2, 0) is 16.1 Å². The van der Waals surface area contributed by atoms with Crippen LogP contribution in [0.1, 0.15) is 12.0 Å². The fourth-order valence-corrected chi connectivity index (χ4v) is 3.18. The van der Waals surface area contributed by atoms with Gasteiger partial charge in [-0.15, -0.1) is 0 Å². The van der Waals surface area contributed by atoms with Crippen molar-refractivity contribution in [1.82, 2.24) is 15.1 Å². The van der Waals surface area contributed by atoms with Crippen LogP contribution in [0.3, 0.4) is 0 Å². The molecule has 2 aromatic rings. The molecule has 1 N–H and O–H groups in total. The summed E-state index contributed by atoms with van der Waals surface area (Å²) in [6.45, 7) is 3.43. The average Bonchev–Trinajstić information content (AvgIpc) is 2.75. The fourth-order valence-electron chi connectivity index (χ4n) is 3.18. The van der Waals surface area contributed by atoms with Gasteiger partial charge in [0.2, 0.25) is 11.8 Å². The number of rotatable bonds is 8. The maximum Gasteiger partial charge on any atom is 0.234 e. The van der Waals surface area contributed by atoms with E-state index in [9.17, 15) is 14.0 Å². The Morgan fingerprint density at radius 1 is 0.966 bits per heavy atom. The SMILES string of the molecule is O=C(CN1CCN(C(=O)CCOc2ccccc2F)CC1)NCc1ccccc1. The maximum atomic E-state index is 13.5. The molecular weight excluding hydrogens is 373 g/mol. The first-order chi connectivity index (χ1) is 14.1. The molecule has 3 rings (SSSR count). The van der Waals surface area contributed by atoms with Crippen molar-refractivity contribution in [3.8, 4) is 5.75 Å². The van der Waals surface area contributed by atoms with Crippen LogP contribution >= 0.6 is 0 Å². The number of hydrogen-bond acceptors (Lipinski definition) is 4. The minimum Gasteiger partial charge on any atom is -0.490 e. The van der Waals surface area contributed by atoms with E-state index in [1.54, 1.807) is 23.1 Å². The largest absolute Gasteiger partial charge is 0.490 e. The lowest BCUT2D eigenvalue weighted by Crippen LogP contribution is -2.51. The molecule has 0 unspecified atom stereocenters. The molecule has 7 heteroatoms. The summed E-state index contributed by atoms with van der Waals surface area (Å²) in [6.07, 6.45) is 0.200. The lowest BCUT2D eigenvalue weighted by atomic mass is 10.2. The van der Waals surface area contributed by atoms with Crippen LogP contribution in [0, 0.1) is 5.82 Å². The van der Waals surface area contributed by atoms with E-state index in [0.717, 1.165) is 5.56 Å². The van der Waals surface area contributed by atoms with Gasteiger partial charge < -0.3 is 15.0 Å². The molecule has 1 aliphatic rings. The van der Waals surface area contributed by atoms with Gasteiger partial charge in [0.25, 0.3) is 0 Å². The number of para-hydroxylation sites is 1. The van der Waals surface area contributed by atoms with Crippen LogP contribution in [-0.4, -0.2) is 60.9 Å². The third-order valence-electron chi connectivity index (χ3n) is 4.83. The topological polar surface area (TPSA) is 61.9 Å². The molecule has 29 heavy (non-hydrogen) atoms. The Morgan fingerprint density at radius 2 is 1.66 bits per heavy atom. The molecule has 1 fully saturated rings. The number of ether oxygens (including phenoxy) is 1. The third-order valence-corrected chi connectivity index (χ3v) is 4.83. The van der Waals surface area contributed by atoms with Gasteiger partial charge in [0, 0.05) is 32.7 Å². The van der Waals surface area contributed by atoms with Gasteiger partial charge in [0.1, 0.15) is 0 Å². The fraction of sp³-hybridized carbons (Fsp3) is 0.364. The van der Waals surface area contributed by atoms with Gasteiger partial charge in [-0.2, -0.15) is 0 Å². The average molecular weight is 399 g/mol. The van der Waals surface area contributed by atoms with Crippen LogP contribution in [0.4, 0.5) is 4.39 Å². The van der Waals surface area contributed by atoms with Crippen molar-refractivity contribution in [2.45, 2.75) is 13.0 Å². The van der Waals surface area contributed by atoms with Crippen molar-refractivity contribution in [3.63, 3.8) is 0 Å². The predicted molar refractivity (Wildman–Crippen MR) is 108 cm³/mol. The zero-order chi connectivity index (χ0) is 20.5. The van der Waals surface area contributed by atoms with E-state index in [4.69, 9.17) is 4.74 Å². The molecule has 0 atom stereocenters. The number of nitrogens with zero attached hydrogens (tertiary/aromatic N) is 2. The van der Waals surface area contributed by atoms with Crippen molar-refractivity contribution in [2.24, 2.45) is 0 Å². The molecule has 0 saturated carbocycles. The van der Waals surface area contributed by atoms with Gasteiger partial charge >= 0.3 is 0 Å². The van der Waals surface area contributed by atoms with E-state index in [0.29, 0.717) is 39.3 Å². The Hall–Kier alpha value is -2.93. The summed E-state index contributed by atoms with van der Waals surface area (Å²) in [6, 6.07) is 15.9. The zero-order valence-electron chi connectivity index (χ0n) is 16.4. The molecule has 1 heterocycles. The van der Waals surface area contributed by atoms with Crippen molar-refractivity contribution < 1.29 is 18.7 Å². The Morgan fingerprint density at radius 3 is 2.38 bits per heavy atom. The first-order valence-electron chi connectivity index (χ1n) is 9.80. The highest BCUT2D eigenvalue weighted by molar-refractivity contribution is 5.78. The molecule has 1 saturated heterocycles. The molecule has 2 amide bonds. The van der Waals surface area contributed by atoms with Gasteiger partial charge in [0.05, 0.1) is 19.6 Å². The Labute approximate surface area is 170 Å². The number of amides is 2. The zero-order valence-corrected chi connectivity index (χ0v) is 16.4. The van der Waals surface area contributed by atoms with Gasteiger partial charge in [-0.25, -0.2) is 4.39 Å². The lowest BCUT2D eigenvalue weighted by Gasteiger charge is -2.34. The summed E-state index contributed by atoms with van der Waals surface area (Å²) in [5, 5.41) is 2.92. The van der Waals surface area contributed by atoms with Gasteiger partial charge in [-0.05, 0) is 17.7 Å². The summed E-state index contributed by atoms with van der Waals surface area (Å²) in [7, 11) is 0. The molecule has 1 aliphatic heterocycles. The van der Waals surface area contributed by atoms with E-state index in [-0.39, 0.29) is 30.6 Å². The van der Waals surface area contributed by atoms with E-state index >= 15 is 0 Å². The van der Waals surface area contributed by atoms with Crippen LogP contribution in [0.5, 0.6) is 5.75 Å². The van der Waals surface area contributed by atoms with Crippen molar-refractivity contribution in [1.29, 1.82) is 0 Å². The first kappa shape index (κ1) is 20.8. The number of halogens is 1. The summed E-state index contributed by atoms with van der Waals surface area (Å²) in [5.74, 6) is -0.313. The second-order valence-corrected chi connectivity index (χ2v) is 6.95. The van der Waals surface area contributed by atoms with Crippen molar-refractivity contribution in [3.05, 3.63) is 66.0 Å². The maximum absolute atomic E-state index is 13.5. The lowest BCUT2D eigenvalue weighted by molar-refractivity contribution is -0.133. The van der Waals surface area contributed by atoms with Gasteiger partial charge in [0.15, 0.2) is 11.6 Å². The number of piperazine rings is 1. The number of nitrogens with one attached hydrogen (secondary N) is 1. The van der Waals surface area contributed by atoms with Gasteiger partial charge in [-0.1, -0.05) is 42.5 Å². The standard InChI is InChI=1S/C22H26FN3O3/c23-19-8-4-5-9-20(19)29-15-10-22(28)26-13-11-25(12-14-26)17-21(27)24-16-18-6-2-1-3-7-18/h1-9H,10-17H2,(H,24,27). The van der Waals surface area contributed by atoms with Crippen LogP contribution < -0.4 is 10.1 Å². The van der Waals surface area contributed by atoms with E-state index in [2.05, 4.69) is 5.32 Å². The molecule has 0 aromatic heterocycles. The number of carbonyl (C=O) groups is 2. The second-order valence-electron chi connectivity index (χ2n) is 6.95. The summed E-state index contributed by atoms with van der Waals surface area (Å²) >= 11 is 0. The minimum atomic E-state index is -0.431. The Balaban J connectivity index is 1.32. The summed E-state index contributed by atoms with van der Waals surface area (Å²) in [4.78, 5) is 28.2. The van der Waals surface area contributed by atoms with E-state index in [1.807, 2.05) is 35.2 Å². The first-order valence-corrected chi connectivity index (χ1v) is 9.80. The highest BCUT2D eigenvalue weighted by Crippen LogP contribution is 2.15. The predicted octanol–water partition coefficient (Wildman–Crippen LogP) is 2.06. The molecule has 154 valence electrons. The van der Waals surface area contributed by atoms with E-state index in [1.165, 1.54) is 6.07 Å². The summed E-state index contributed by atoms with van der Waals surface area (Å²) < 4.78 is 18.9. The second kappa shape index (κ2) is 10.6. The van der Waals surface area contributed by atoms with Crippen LogP contribution in [0.15, 0.2) is 54.6 Å². The molecule has 0 spiro atoms. The van der Waals surface area contributed by atoms with Gasteiger partial charge in [-0.3, -0.25) is 14.5 Å². The molecule has 6 nitrogen and oxygen atoms in total. The monoisotopic (exact) mass is 399 g/mol. The van der Waals surface area contributed by atoms with Crippen molar-refractivity contribution >= 4 is 11.8 Å². The highest BCUT2D eigenvalue weighted by Gasteiger charge is 2.22. The molecular formula is C22H26FN3O3. The quantitative estimate of drug-likeness (QED) is 0.738. The van der Waals surface area contributed by atoms with Crippen LogP contribution in [0.25, 0.3) is 0 Å². The molecule has 0 aliphatic carbocycles. The van der Waals surface area contributed by atoms with Crippen molar-refractivity contribution in [2.75, 3.05) is 39.3 Å². The number of benzene rings is 2. The smallest absolute Gasteiger partial charge is 0.234 e. The minimum absolute atomic E-state index is 0.0190. The number of carbonyl (C=O) groups excluding carboxylic acids is 2. The molecule has 0 radical (unpaired) electrons. The van der Waals surface area contributed by atoms with E-state index < -0.39 is 5.82 Å². The number of hydrogen-bond donors (Lipinski definition) is 1. The van der Waals surface area contributed by atoms with Crippen LogP contribution in [0.2, 0.25) is 0 Å².